The van der Waals surface area contributed by atoms with E-state index in [0.29, 0.717) is 31.0 Å². The maximum Gasteiger partial charge on any atom is 0.227 e. The van der Waals surface area contributed by atoms with E-state index in [0.717, 1.165) is 37.4 Å². The first-order valence-corrected chi connectivity index (χ1v) is 10.3. The summed E-state index contributed by atoms with van der Waals surface area (Å²) in [5.74, 6) is 1.15. The number of aromatic nitrogens is 2. The van der Waals surface area contributed by atoms with Crippen LogP contribution in [0.4, 0.5) is 11.8 Å². The summed E-state index contributed by atoms with van der Waals surface area (Å²) < 4.78 is 22.3. The number of likely N-dealkylation sites (N-methyl/N-ethyl adjacent to an activating group) is 1. The lowest BCUT2D eigenvalue weighted by Crippen LogP contribution is -2.45. The molecule has 1 fully saturated rings. The molecule has 0 bridgehead atoms. The number of nitrogens with two attached hydrogens (primary N) is 1. The summed E-state index contributed by atoms with van der Waals surface area (Å²) in [6.07, 6.45) is 1.45. The Morgan fingerprint density at radius 3 is 2.68 bits per heavy atom. The van der Waals surface area contributed by atoms with Crippen LogP contribution in [0.15, 0.2) is 0 Å². The van der Waals surface area contributed by atoms with Crippen LogP contribution in [0.1, 0.15) is 17.7 Å². The molecule has 1 aromatic heterocycles. The van der Waals surface area contributed by atoms with E-state index in [9.17, 15) is 13.5 Å². The molecule has 9 nitrogen and oxygen atoms in total. The van der Waals surface area contributed by atoms with Gasteiger partial charge in [0.2, 0.25) is 16.0 Å². The van der Waals surface area contributed by atoms with Gasteiger partial charge in [-0.2, -0.15) is 4.98 Å². The highest BCUT2D eigenvalue weighted by Crippen LogP contribution is 2.28. The molecule has 2 aliphatic rings. The zero-order valence-corrected chi connectivity index (χ0v) is 15.3. The highest BCUT2D eigenvalue weighted by atomic mass is 32.2. The van der Waals surface area contributed by atoms with E-state index in [4.69, 9.17) is 5.14 Å². The fourth-order valence-corrected chi connectivity index (χ4v) is 3.58. The number of anilines is 2. The minimum Gasteiger partial charge on any atom is -0.393 e. The van der Waals surface area contributed by atoms with Gasteiger partial charge in [0, 0.05) is 44.7 Å². The molecule has 1 unspecified atom stereocenters. The van der Waals surface area contributed by atoms with Crippen molar-refractivity contribution in [2.45, 2.75) is 25.4 Å². The first kappa shape index (κ1) is 18.3. The van der Waals surface area contributed by atoms with Gasteiger partial charge in [-0.25, -0.2) is 18.5 Å². The lowest BCUT2D eigenvalue weighted by molar-refractivity contribution is 0.157. The first-order valence-electron chi connectivity index (χ1n) is 8.57. The van der Waals surface area contributed by atoms with Crippen LogP contribution in [0.5, 0.6) is 0 Å². The number of sulfonamides is 1. The highest BCUT2D eigenvalue weighted by Gasteiger charge is 2.25. The van der Waals surface area contributed by atoms with Gasteiger partial charge in [-0.1, -0.05) is 0 Å². The van der Waals surface area contributed by atoms with Gasteiger partial charge in [0.25, 0.3) is 0 Å². The van der Waals surface area contributed by atoms with E-state index in [1.165, 1.54) is 0 Å². The lowest BCUT2D eigenvalue weighted by Gasteiger charge is -2.33. The highest BCUT2D eigenvalue weighted by molar-refractivity contribution is 7.89. The molecule has 25 heavy (non-hydrogen) atoms. The third kappa shape index (κ3) is 4.78. The van der Waals surface area contributed by atoms with Crippen LogP contribution in [0.25, 0.3) is 0 Å². The standard InChI is InChI=1S/C15H26N6O3S/c1-20-5-7-21(8-6-20)15-18-13-10-11(22)2-3-12(13)14(19-15)17-4-9-25(16,23)24/h11,22H,2-10H2,1H3,(H2,16,23,24)(H,17,18,19). The number of nitrogens with one attached hydrogen (secondary N) is 1. The molecule has 0 aromatic carbocycles. The third-order valence-corrected chi connectivity index (χ3v) is 5.48. The quantitative estimate of drug-likeness (QED) is 0.589. The number of hydrogen-bond acceptors (Lipinski definition) is 8. The minimum atomic E-state index is -3.52. The Labute approximate surface area is 148 Å². The summed E-state index contributed by atoms with van der Waals surface area (Å²) in [5, 5.41) is 18.1. The lowest BCUT2D eigenvalue weighted by atomic mass is 9.94. The van der Waals surface area contributed by atoms with Gasteiger partial charge in [0.15, 0.2) is 0 Å². The largest absolute Gasteiger partial charge is 0.393 e. The minimum absolute atomic E-state index is 0.155. The van der Waals surface area contributed by atoms with E-state index in [2.05, 4.69) is 32.1 Å². The van der Waals surface area contributed by atoms with Crippen LogP contribution < -0.4 is 15.4 Å². The second-order valence-electron chi connectivity index (χ2n) is 6.78. The number of aliphatic hydroxyl groups is 1. The Hall–Kier alpha value is -1.49. The Bertz CT molecular complexity index is 718. The number of fused-ring (bicyclic) bond motifs is 1. The van der Waals surface area contributed by atoms with Gasteiger partial charge in [-0.3, -0.25) is 0 Å². The zero-order valence-electron chi connectivity index (χ0n) is 14.5. The van der Waals surface area contributed by atoms with Gasteiger partial charge in [0.05, 0.1) is 17.6 Å². The van der Waals surface area contributed by atoms with E-state index in [1.54, 1.807) is 0 Å². The number of piperazine rings is 1. The first-order chi connectivity index (χ1) is 11.8. The average Bonchev–Trinajstić information content (AvgIpc) is 2.53. The molecule has 0 radical (unpaired) electrons. The topological polar surface area (TPSA) is 125 Å². The van der Waals surface area contributed by atoms with Gasteiger partial charge < -0.3 is 20.2 Å². The molecular weight excluding hydrogens is 344 g/mol. The van der Waals surface area contributed by atoms with Crippen LogP contribution in [-0.4, -0.2) is 80.0 Å². The molecule has 10 heteroatoms. The third-order valence-electron chi connectivity index (χ3n) is 4.70. The van der Waals surface area contributed by atoms with E-state index >= 15 is 0 Å². The monoisotopic (exact) mass is 370 g/mol. The zero-order chi connectivity index (χ0) is 18.0. The van der Waals surface area contributed by atoms with Gasteiger partial charge in [-0.15, -0.1) is 0 Å². The van der Waals surface area contributed by atoms with Crippen molar-refractivity contribution < 1.29 is 13.5 Å². The summed E-state index contributed by atoms with van der Waals surface area (Å²) in [5.41, 5.74) is 1.82. The second kappa shape index (κ2) is 7.40. The fraction of sp³-hybridized carbons (Fsp3) is 0.733. The second-order valence-corrected chi connectivity index (χ2v) is 8.51. The van der Waals surface area contributed by atoms with Crippen molar-refractivity contribution in [2.24, 2.45) is 5.14 Å². The molecule has 4 N–H and O–H groups in total. The van der Waals surface area contributed by atoms with Crippen LogP contribution in [0, 0.1) is 0 Å². The maximum atomic E-state index is 11.2. The molecule has 1 aliphatic carbocycles. The van der Waals surface area contributed by atoms with E-state index < -0.39 is 10.0 Å². The smallest absolute Gasteiger partial charge is 0.227 e. The molecule has 2 heterocycles. The Morgan fingerprint density at radius 1 is 1.28 bits per heavy atom. The number of rotatable bonds is 5. The predicted molar refractivity (Wildman–Crippen MR) is 96.2 cm³/mol. The summed E-state index contributed by atoms with van der Waals surface area (Å²) in [6.45, 7) is 3.77. The number of nitrogens with zero attached hydrogens (tertiary/aromatic N) is 4. The average molecular weight is 370 g/mol. The van der Waals surface area contributed by atoms with Gasteiger partial charge >= 0.3 is 0 Å². The van der Waals surface area contributed by atoms with Crippen molar-refractivity contribution in [2.75, 3.05) is 55.7 Å². The molecule has 0 amide bonds. The van der Waals surface area contributed by atoms with Crippen molar-refractivity contribution in [3.63, 3.8) is 0 Å². The van der Waals surface area contributed by atoms with Crippen molar-refractivity contribution in [1.82, 2.24) is 14.9 Å². The van der Waals surface area contributed by atoms with Crippen LogP contribution in [0.2, 0.25) is 0 Å². The molecule has 140 valence electrons. The maximum absolute atomic E-state index is 11.2. The number of primary sulfonamides is 1. The number of aliphatic hydroxyl groups excluding tert-OH is 1. The molecular formula is C15H26N6O3S. The molecule has 0 spiro atoms. The Morgan fingerprint density at radius 2 is 2.00 bits per heavy atom. The van der Waals surface area contributed by atoms with E-state index in [1.807, 2.05) is 0 Å². The molecule has 1 aliphatic heterocycles. The molecule has 1 saturated heterocycles. The van der Waals surface area contributed by atoms with Gasteiger partial charge in [-0.05, 0) is 19.9 Å². The molecule has 1 aromatic rings. The predicted octanol–water partition coefficient (Wildman–Crippen LogP) is -1.22. The number of hydrogen-bond donors (Lipinski definition) is 3. The Kier molecular flexibility index (Phi) is 5.42. The van der Waals surface area contributed by atoms with Crippen molar-refractivity contribution >= 4 is 21.8 Å². The Balaban J connectivity index is 1.84. The molecule has 1 atom stereocenters. The van der Waals surface area contributed by atoms with Crippen molar-refractivity contribution in [1.29, 1.82) is 0 Å². The van der Waals surface area contributed by atoms with Crippen LogP contribution in [-0.2, 0) is 22.9 Å². The summed E-state index contributed by atoms with van der Waals surface area (Å²) in [7, 11) is -1.44. The fourth-order valence-electron chi connectivity index (χ4n) is 3.19. The SMILES string of the molecule is CN1CCN(c2nc3c(c(NCCS(N)(=O)=O)n2)CCC(O)C3)CC1. The van der Waals surface area contributed by atoms with Crippen LogP contribution >= 0.6 is 0 Å². The summed E-state index contributed by atoms with van der Waals surface area (Å²) in [4.78, 5) is 13.7. The summed E-state index contributed by atoms with van der Waals surface area (Å²) >= 11 is 0. The van der Waals surface area contributed by atoms with Crippen LogP contribution in [0.3, 0.4) is 0 Å². The molecule has 3 rings (SSSR count). The van der Waals surface area contributed by atoms with Crippen molar-refractivity contribution in [3.8, 4) is 0 Å². The van der Waals surface area contributed by atoms with Crippen molar-refractivity contribution in [3.05, 3.63) is 11.3 Å². The van der Waals surface area contributed by atoms with E-state index in [-0.39, 0.29) is 18.4 Å². The normalized spacial score (nSPS) is 21.9. The molecule has 0 saturated carbocycles. The van der Waals surface area contributed by atoms with Gasteiger partial charge in [0.1, 0.15) is 5.82 Å². The summed E-state index contributed by atoms with van der Waals surface area (Å²) in [6, 6.07) is 0.